The van der Waals surface area contributed by atoms with Crippen molar-refractivity contribution in [1.29, 1.82) is 0 Å². The summed E-state index contributed by atoms with van der Waals surface area (Å²) >= 11 is 0. The van der Waals surface area contributed by atoms with E-state index in [-0.39, 0.29) is 11.9 Å². The standard InChI is InChI=1S/C15H22O3/c1-6-7-12(15(16)18-5)13-8-11(3)14(17-4)9-10(13)2/h8-9,12H,6-7H2,1-5H3. The van der Waals surface area contributed by atoms with Gasteiger partial charge in [0.15, 0.2) is 0 Å². The molecule has 0 amide bonds. The average Bonchev–Trinajstić information content (AvgIpc) is 2.37. The van der Waals surface area contributed by atoms with Crippen LogP contribution in [0.1, 0.15) is 42.4 Å². The predicted molar refractivity (Wildman–Crippen MR) is 72.1 cm³/mol. The van der Waals surface area contributed by atoms with Gasteiger partial charge in [0.05, 0.1) is 20.1 Å². The molecule has 0 saturated carbocycles. The molecule has 0 aliphatic rings. The van der Waals surface area contributed by atoms with Crippen molar-refractivity contribution in [1.82, 2.24) is 0 Å². The van der Waals surface area contributed by atoms with Gasteiger partial charge in [0.2, 0.25) is 0 Å². The van der Waals surface area contributed by atoms with E-state index in [1.54, 1.807) is 7.11 Å². The van der Waals surface area contributed by atoms with E-state index >= 15 is 0 Å². The molecule has 3 nitrogen and oxygen atoms in total. The van der Waals surface area contributed by atoms with Gasteiger partial charge in [-0.05, 0) is 43.0 Å². The molecule has 1 aromatic rings. The van der Waals surface area contributed by atoms with Crippen molar-refractivity contribution in [2.24, 2.45) is 0 Å². The number of methoxy groups -OCH3 is 2. The largest absolute Gasteiger partial charge is 0.496 e. The SMILES string of the molecule is CCCC(C(=O)OC)c1cc(C)c(OC)cc1C. The lowest BCUT2D eigenvalue weighted by atomic mass is 9.89. The summed E-state index contributed by atoms with van der Waals surface area (Å²) in [5.41, 5.74) is 3.16. The molecule has 0 N–H and O–H groups in total. The second-order valence-corrected chi connectivity index (χ2v) is 4.54. The Kier molecular flexibility index (Phi) is 5.20. The Bertz CT molecular complexity index is 424. The molecule has 0 spiro atoms. The molecular formula is C15H22O3. The monoisotopic (exact) mass is 250 g/mol. The molecule has 1 unspecified atom stereocenters. The first-order chi connectivity index (χ1) is 8.54. The third kappa shape index (κ3) is 3.03. The average molecular weight is 250 g/mol. The van der Waals surface area contributed by atoms with Crippen LogP contribution in [0.15, 0.2) is 12.1 Å². The van der Waals surface area contributed by atoms with Crippen molar-refractivity contribution >= 4 is 5.97 Å². The summed E-state index contributed by atoms with van der Waals surface area (Å²) in [6.45, 7) is 6.06. The first-order valence-electron chi connectivity index (χ1n) is 6.28. The van der Waals surface area contributed by atoms with Gasteiger partial charge in [0.25, 0.3) is 0 Å². The second-order valence-electron chi connectivity index (χ2n) is 4.54. The molecule has 0 heterocycles. The van der Waals surface area contributed by atoms with Crippen LogP contribution in [0.25, 0.3) is 0 Å². The van der Waals surface area contributed by atoms with E-state index in [4.69, 9.17) is 9.47 Å². The van der Waals surface area contributed by atoms with Crippen LogP contribution in [0, 0.1) is 13.8 Å². The van der Waals surface area contributed by atoms with E-state index in [9.17, 15) is 4.79 Å². The van der Waals surface area contributed by atoms with Crippen molar-refractivity contribution < 1.29 is 14.3 Å². The molecular weight excluding hydrogens is 228 g/mol. The van der Waals surface area contributed by atoms with Crippen LogP contribution in [0.2, 0.25) is 0 Å². The Balaban J connectivity index is 3.20. The lowest BCUT2D eigenvalue weighted by Crippen LogP contribution is -2.15. The quantitative estimate of drug-likeness (QED) is 0.752. The molecule has 0 aliphatic heterocycles. The lowest BCUT2D eigenvalue weighted by Gasteiger charge is -2.18. The number of esters is 1. The Hall–Kier alpha value is -1.51. The van der Waals surface area contributed by atoms with E-state index in [1.165, 1.54) is 7.11 Å². The summed E-state index contributed by atoms with van der Waals surface area (Å²) in [7, 11) is 3.10. The Morgan fingerprint density at radius 2 is 1.89 bits per heavy atom. The van der Waals surface area contributed by atoms with Crippen LogP contribution in [0.4, 0.5) is 0 Å². The van der Waals surface area contributed by atoms with Crippen molar-refractivity contribution in [2.75, 3.05) is 14.2 Å². The zero-order valence-corrected chi connectivity index (χ0v) is 11.9. The highest BCUT2D eigenvalue weighted by Crippen LogP contribution is 2.30. The third-order valence-electron chi connectivity index (χ3n) is 3.22. The van der Waals surface area contributed by atoms with Crippen LogP contribution < -0.4 is 4.74 Å². The number of hydrogen-bond acceptors (Lipinski definition) is 3. The molecule has 0 saturated heterocycles. The van der Waals surface area contributed by atoms with Crippen molar-refractivity contribution in [3.8, 4) is 5.75 Å². The molecule has 1 rings (SSSR count). The topological polar surface area (TPSA) is 35.5 Å². The molecule has 0 aliphatic carbocycles. The number of carbonyl (C=O) groups excluding carboxylic acids is 1. The summed E-state index contributed by atoms with van der Waals surface area (Å²) < 4.78 is 10.2. The normalized spacial score (nSPS) is 12.1. The van der Waals surface area contributed by atoms with Gasteiger partial charge in [0, 0.05) is 0 Å². The number of benzene rings is 1. The van der Waals surface area contributed by atoms with E-state index < -0.39 is 0 Å². The van der Waals surface area contributed by atoms with Crippen LogP contribution in [0.3, 0.4) is 0 Å². The van der Waals surface area contributed by atoms with E-state index in [0.29, 0.717) is 0 Å². The van der Waals surface area contributed by atoms with Gasteiger partial charge in [-0.2, -0.15) is 0 Å². The Morgan fingerprint density at radius 1 is 1.22 bits per heavy atom. The molecule has 0 bridgehead atoms. The minimum Gasteiger partial charge on any atom is -0.496 e. The minimum absolute atomic E-state index is 0.162. The maximum Gasteiger partial charge on any atom is 0.313 e. The number of carbonyl (C=O) groups is 1. The highest BCUT2D eigenvalue weighted by Gasteiger charge is 2.23. The molecule has 0 radical (unpaired) electrons. The van der Waals surface area contributed by atoms with Crippen LogP contribution in [0.5, 0.6) is 5.75 Å². The summed E-state index contributed by atoms with van der Waals surface area (Å²) in [6.07, 6.45) is 1.75. The Labute approximate surface area is 109 Å². The zero-order chi connectivity index (χ0) is 13.7. The van der Waals surface area contributed by atoms with E-state index in [0.717, 1.165) is 35.3 Å². The zero-order valence-electron chi connectivity index (χ0n) is 11.9. The molecule has 0 fully saturated rings. The van der Waals surface area contributed by atoms with Crippen LogP contribution >= 0.6 is 0 Å². The van der Waals surface area contributed by atoms with Crippen molar-refractivity contribution in [2.45, 2.75) is 39.5 Å². The fraction of sp³-hybridized carbons (Fsp3) is 0.533. The van der Waals surface area contributed by atoms with Crippen molar-refractivity contribution in [3.63, 3.8) is 0 Å². The number of aryl methyl sites for hydroxylation is 2. The maximum absolute atomic E-state index is 11.9. The predicted octanol–water partition coefficient (Wildman–Crippen LogP) is 3.37. The van der Waals surface area contributed by atoms with Crippen LogP contribution in [-0.2, 0) is 9.53 Å². The molecule has 1 atom stereocenters. The second kappa shape index (κ2) is 6.43. The smallest absolute Gasteiger partial charge is 0.313 e. The lowest BCUT2D eigenvalue weighted by molar-refractivity contribution is -0.142. The van der Waals surface area contributed by atoms with Crippen molar-refractivity contribution in [3.05, 3.63) is 28.8 Å². The van der Waals surface area contributed by atoms with Gasteiger partial charge in [0.1, 0.15) is 5.75 Å². The van der Waals surface area contributed by atoms with E-state index in [2.05, 4.69) is 6.92 Å². The van der Waals surface area contributed by atoms with Gasteiger partial charge in [-0.1, -0.05) is 19.4 Å². The summed E-state index contributed by atoms with van der Waals surface area (Å²) in [5.74, 6) is 0.519. The molecule has 0 aromatic heterocycles. The maximum atomic E-state index is 11.9. The van der Waals surface area contributed by atoms with Gasteiger partial charge in [-0.25, -0.2) is 0 Å². The first kappa shape index (κ1) is 14.6. The highest BCUT2D eigenvalue weighted by molar-refractivity contribution is 5.78. The number of ether oxygens (including phenoxy) is 2. The van der Waals surface area contributed by atoms with Crippen LogP contribution in [-0.4, -0.2) is 20.2 Å². The summed E-state index contributed by atoms with van der Waals surface area (Å²) in [6, 6.07) is 4.02. The van der Waals surface area contributed by atoms with Gasteiger partial charge >= 0.3 is 5.97 Å². The van der Waals surface area contributed by atoms with Gasteiger partial charge in [-0.15, -0.1) is 0 Å². The number of rotatable bonds is 5. The molecule has 3 heteroatoms. The Morgan fingerprint density at radius 3 is 2.39 bits per heavy atom. The summed E-state index contributed by atoms with van der Waals surface area (Å²) in [4.78, 5) is 11.9. The highest BCUT2D eigenvalue weighted by atomic mass is 16.5. The fourth-order valence-electron chi connectivity index (χ4n) is 2.24. The molecule has 100 valence electrons. The molecule has 18 heavy (non-hydrogen) atoms. The minimum atomic E-state index is -0.176. The van der Waals surface area contributed by atoms with E-state index in [1.807, 2.05) is 26.0 Å². The van der Waals surface area contributed by atoms with Gasteiger partial charge in [-0.3, -0.25) is 4.79 Å². The number of hydrogen-bond donors (Lipinski definition) is 0. The summed E-state index contributed by atoms with van der Waals surface area (Å²) in [5, 5.41) is 0. The first-order valence-corrected chi connectivity index (χ1v) is 6.28. The van der Waals surface area contributed by atoms with Gasteiger partial charge < -0.3 is 9.47 Å². The fourth-order valence-corrected chi connectivity index (χ4v) is 2.24. The third-order valence-corrected chi connectivity index (χ3v) is 3.22. The molecule has 1 aromatic carbocycles.